The Bertz CT molecular complexity index is 424. The molecule has 0 bridgehead atoms. The molecule has 0 saturated heterocycles. The highest BCUT2D eigenvalue weighted by Crippen LogP contribution is 2.28. The van der Waals surface area contributed by atoms with Gasteiger partial charge in [0.2, 0.25) is 0 Å². The van der Waals surface area contributed by atoms with Crippen molar-refractivity contribution in [3.8, 4) is 0 Å². The van der Waals surface area contributed by atoms with Crippen LogP contribution in [-0.2, 0) is 11.2 Å². The van der Waals surface area contributed by atoms with Gasteiger partial charge in [-0.15, -0.1) is 0 Å². The Morgan fingerprint density at radius 2 is 2.31 bits per heavy atom. The lowest BCUT2D eigenvalue weighted by atomic mass is 9.94. The van der Waals surface area contributed by atoms with Gasteiger partial charge in [-0.1, -0.05) is 13.0 Å². The van der Waals surface area contributed by atoms with E-state index in [0.29, 0.717) is 12.4 Å². The Labute approximate surface area is 96.3 Å². The first-order valence-corrected chi connectivity index (χ1v) is 5.75. The lowest BCUT2D eigenvalue weighted by molar-refractivity contribution is 0.161. The van der Waals surface area contributed by atoms with Crippen molar-refractivity contribution >= 4 is 11.4 Å². The summed E-state index contributed by atoms with van der Waals surface area (Å²) in [6, 6.07) is 1.95. The summed E-state index contributed by atoms with van der Waals surface area (Å²) in [6.07, 6.45) is 4.04. The fourth-order valence-corrected chi connectivity index (χ4v) is 2.21. The average molecular weight is 218 g/mol. The van der Waals surface area contributed by atoms with Crippen LogP contribution in [0, 0.1) is 6.92 Å². The molecule has 0 unspecified atom stereocenters. The number of anilines is 1. The topological polar surface area (TPSA) is 48.1 Å². The van der Waals surface area contributed by atoms with Gasteiger partial charge in [-0.05, 0) is 37.0 Å². The molecule has 0 aliphatic carbocycles. The Morgan fingerprint density at radius 1 is 1.50 bits per heavy atom. The van der Waals surface area contributed by atoms with Crippen molar-refractivity contribution in [2.75, 3.05) is 18.9 Å². The molecule has 0 amide bonds. The Balaban J connectivity index is 2.49. The quantitative estimate of drug-likeness (QED) is 0.828. The lowest BCUT2D eigenvalue weighted by Gasteiger charge is -2.18. The van der Waals surface area contributed by atoms with Crippen molar-refractivity contribution in [2.24, 2.45) is 0 Å². The number of aryl methyl sites for hydroxylation is 2. The average Bonchev–Trinajstić information content (AvgIpc) is 2.29. The zero-order valence-corrected chi connectivity index (χ0v) is 9.92. The van der Waals surface area contributed by atoms with Crippen LogP contribution in [-0.4, -0.2) is 18.2 Å². The number of nitrogen functional groups attached to an aromatic ring is 1. The van der Waals surface area contributed by atoms with E-state index in [0.717, 1.165) is 25.1 Å². The van der Waals surface area contributed by atoms with Gasteiger partial charge >= 0.3 is 0 Å². The molecule has 3 nitrogen and oxygen atoms in total. The van der Waals surface area contributed by atoms with Crippen molar-refractivity contribution < 1.29 is 4.74 Å². The molecule has 0 saturated carbocycles. The third-order valence-electron chi connectivity index (χ3n) is 2.93. The standard InChI is InChI=1S/C13H18N2O/c1-3-11-13(9(2)8-12(14)15-11)10-4-6-16-7-5-10/h4,8H,3,5-7H2,1-2H3,(H2,14,15). The second-order valence-corrected chi connectivity index (χ2v) is 4.09. The minimum absolute atomic E-state index is 0.616. The Hall–Kier alpha value is -1.35. The molecule has 86 valence electrons. The van der Waals surface area contributed by atoms with Gasteiger partial charge in [-0.25, -0.2) is 4.98 Å². The summed E-state index contributed by atoms with van der Waals surface area (Å²) in [5, 5.41) is 0. The Morgan fingerprint density at radius 3 is 2.94 bits per heavy atom. The summed E-state index contributed by atoms with van der Waals surface area (Å²) < 4.78 is 5.34. The normalized spacial score (nSPS) is 16.0. The highest BCUT2D eigenvalue weighted by Gasteiger charge is 2.14. The SMILES string of the molecule is CCc1nc(N)cc(C)c1C1=CCOCC1. The van der Waals surface area contributed by atoms with Gasteiger partial charge in [-0.2, -0.15) is 0 Å². The molecule has 1 aliphatic rings. The third-order valence-corrected chi connectivity index (χ3v) is 2.93. The van der Waals surface area contributed by atoms with Crippen molar-refractivity contribution in [3.05, 3.63) is 29.0 Å². The van der Waals surface area contributed by atoms with Crippen LogP contribution in [0.5, 0.6) is 0 Å². The lowest BCUT2D eigenvalue weighted by Crippen LogP contribution is -2.09. The number of pyridine rings is 1. The fraction of sp³-hybridized carbons (Fsp3) is 0.462. The van der Waals surface area contributed by atoms with Crippen molar-refractivity contribution in [1.29, 1.82) is 0 Å². The molecule has 0 fully saturated rings. The van der Waals surface area contributed by atoms with Crippen LogP contribution in [0.25, 0.3) is 5.57 Å². The van der Waals surface area contributed by atoms with Crippen LogP contribution in [0.4, 0.5) is 5.82 Å². The van der Waals surface area contributed by atoms with Crippen molar-refractivity contribution in [1.82, 2.24) is 4.98 Å². The molecular formula is C13H18N2O. The second kappa shape index (κ2) is 4.66. The van der Waals surface area contributed by atoms with Gasteiger partial charge < -0.3 is 10.5 Å². The van der Waals surface area contributed by atoms with Crippen molar-refractivity contribution in [2.45, 2.75) is 26.7 Å². The van der Waals surface area contributed by atoms with Gasteiger partial charge in [-0.3, -0.25) is 0 Å². The number of hydrogen-bond donors (Lipinski definition) is 1. The van der Waals surface area contributed by atoms with E-state index in [2.05, 4.69) is 24.9 Å². The molecule has 2 heterocycles. The second-order valence-electron chi connectivity index (χ2n) is 4.09. The fourth-order valence-electron chi connectivity index (χ4n) is 2.21. The monoisotopic (exact) mass is 218 g/mol. The van der Waals surface area contributed by atoms with E-state index in [4.69, 9.17) is 10.5 Å². The first-order chi connectivity index (χ1) is 7.72. The number of aromatic nitrogens is 1. The summed E-state index contributed by atoms with van der Waals surface area (Å²) in [4.78, 5) is 4.42. The van der Waals surface area contributed by atoms with Gasteiger partial charge in [0, 0.05) is 5.56 Å². The number of nitrogens with zero attached hydrogens (tertiary/aromatic N) is 1. The predicted octanol–water partition coefficient (Wildman–Crippen LogP) is 2.34. The van der Waals surface area contributed by atoms with Gasteiger partial charge in [0.15, 0.2) is 0 Å². The summed E-state index contributed by atoms with van der Waals surface area (Å²) in [7, 11) is 0. The molecule has 16 heavy (non-hydrogen) atoms. The minimum atomic E-state index is 0.616. The molecule has 3 heteroatoms. The zero-order chi connectivity index (χ0) is 11.5. The van der Waals surface area contributed by atoms with Crippen LogP contribution in [0.15, 0.2) is 12.1 Å². The molecule has 0 aromatic carbocycles. The first-order valence-electron chi connectivity index (χ1n) is 5.75. The van der Waals surface area contributed by atoms with E-state index < -0.39 is 0 Å². The summed E-state index contributed by atoms with van der Waals surface area (Å²) >= 11 is 0. The maximum Gasteiger partial charge on any atom is 0.123 e. The zero-order valence-electron chi connectivity index (χ0n) is 9.92. The van der Waals surface area contributed by atoms with E-state index in [1.165, 1.54) is 16.7 Å². The van der Waals surface area contributed by atoms with Gasteiger partial charge in [0.25, 0.3) is 0 Å². The summed E-state index contributed by atoms with van der Waals surface area (Å²) in [5.74, 6) is 0.616. The smallest absolute Gasteiger partial charge is 0.123 e. The van der Waals surface area contributed by atoms with Gasteiger partial charge in [0.1, 0.15) is 5.82 Å². The van der Waals surface area contributed by atoms with Gasteiger partial charge in [0.05, 0.1) is 18.9 Å². The van der Waals surface area contributed by atoms with Crippen LogP contribution in [0.3, 0.4) is 0 Å². The first kappa shape index (κ1) is 11.1. The van der Waals surface area contributed by atoms with E-state index >= 15 is 0 Å². The highest BCUT2D eigenvalue weighted by molar-refractivity contribution is 5.71. The molecule has 1 aromatic heterocycles. The van der Waals surface area contributed by atoms with Crippen LogP contribution >= 0.6 is 0 Å². The largest absolute Gasteiger partial charge is 0.384 e. The Kier molecular flexibility index (Phi) is 3.25. The van der Waals surface area contributed by atoms with Crippen molar-refractivity contribution in [3.63, 3.8) is 0 Å². The number of ether oxygens (including phenoxy) is 1. The molecule has 1 aliphatic heterocycles. The summed E-state index contributed by atoms with van der Waals surface area (Å²) in [5.41, 5.74) is 10.7. The maximum absolute atomic E-state index is 5.78. The van der Waals surface area contributed by atoms with E-state index in [1.807, 2.05) is 6.07 Å². The number of rotatable bonds is 2. The molecule has 0 spiro atoms. The summed E-state index contributed by atoms with van der Waals surface area (Å²) in [6.45, 7) is 5.73. The minimum Gasteiger partial charge on any atom is -0.384 e. The highest BCUT2D eigenvalue weighted by atomic mass is 16.5. The van der Waals surface area contributed by atoms with E-state index in [9.17, 15) is 0 Å². The maximum atomic E-state index is 5.78. The molecule has 1 aromatic rings. The number of hydrogen-bond acceptors (Lipinski definition) is 3. The van der Waals surface area contributed by atoms with Crippen LogP contribution < -0.4 is 5.73 Å². The van der Waals surface area contributed by atoms with Crippen LogP contribution in [0.2, 0.25) is 0 Å². The molecule has 0 radical (unpaired) electrons. The molecule has 2 N–H and O–H groups in total. The molecular weight excluding hydrogens is 200 g/mol. The number of nitrogens with two attached hydrogens (primary N) is 1. The third kappa shape index (κ3) is 2.09. The van der Waals surface area contributed by atoms with Crippen LogP contribution in [0.1, 0.15) is 30.2 Å². The molecule has 2 rings (SSSR count). The molecule has 0 atom stereocenters. The van der Waals surface area contributed by atoms with E-state index in [-0.39, 0.29) is 0 Å². The predicted molar refractivity (Wildman–Crippen MR) is 66.2 cm³/mol. The van der Waals surface area contributed by atoms with E-state index in [1.54, 1.807) is 0 Å².